The van der Waals surface area contributed by atoms with Gasteiger partial charge in [-0.1, -0.05) is 22.9 Å². The second-order valence-corrected chi connectivity index (χ2v) is 8.85. The van der Waals surface area contributed by atoms with E-state index in [1.807, 2.05) is 0 Å². The number of halogens is 1. The van der Waals surface area contributed by atoms with Crippen molar-refractivity contribution in [1.82, 2.24) is 9.71 Å². The summed E-state index contributed by atoms with van der Waals surface area (Å²) in [5.41, 5.74) is 0.373. The van der Waals surface area contributed by atoms with Crippen LogP contribution >= 0.6 is 22.9 Å². The normalized spacial score (nSPS) is 15.8. The maximum atomic E-state index is 11.9. The summed E-state index contributed by atoms with van der Waals surface area (Å²) in [6.07, 6.45) is 1.54. The molecule has 1 N–H and O–H groups in total. The highest BCUT2D eigenvalue weighted by Crippen LogP contribution is 2.26. The molecule has 0 aliphatic carbocycles. The number of nitrogens with zero attached hydrogens (tertiary/aromatic N) is 1. The summed E-state index contributed by atoms with van der Waals surface area (Å²) >= 11 is 6.56. The summed E-state index contributed by atoms with van der Waals surface area (Å²) < 4.78 is 37.6. The maximum absolute atomic E-state index is 11.9. The molecule has 98 valence electrons. The van der Waals surface area contributed by atoms with Crippen LogP contribution in [0.15, 0.2) is 4.21 Å². The molecule has 0 bridgehead atoms. The van der Waals surface area contributed by atoms with Gasteiger partial charge >= 0.3 is 0 Å². The molecule has 1 heterocycles. The number of rotatable bonds is 5. The van der Waals surface area contributed by atoms with Crippen LogP contribution in [0.1, 0.15) is 12.6 Å². The first-order chi connectivity index (χ1) is 7.74. The molecule has 9 heteroatoms. The molecular formula is C8H13ClN2O3S3. The lowest BCUT2D eigenvalue weighted by Gasteiger charge is -2.09. The Morgan fingerprint density at radius 2 is 2.18 bits per heavy atom. The predicted molar refractivity (Wildman–Crippen MR) is 70.6 cm³/mol. The SMILES string of the molecule is Cc1nc(Cl)sc1S(=O)(=O)NCC(C)S(C)=O. The number of aryl methyl sites for hydroxylation is 1. The first-order valence-corrected chi connectivity index (χ1v) is 8.98. The maximum Gasteiger partial charge on any atom is 0.252 e. The van der Waals surface area contributed by atoms with E-state index >= 15 is 0 Å². The van der Waals surface area contributed by atoms with E-state index in [1.165, 1.54) is 6.26 Å². The molecular weight excluding hydrogens is 304 g/mol. The number of nitrogens with one attached hydrogen (secondary N) is 1. The molecule has 1 aromatic heterocycles. The third-order valence-electron chi connectivity index (χ3n) is 2.10. The van der Waals surface area contributed by atoms with Crippen LogP contribution in [0.2, 0.25) is 4.47 Å². The Kier molecular flexibility index (Phi) is 5.08. The van der Waals surface area contributed by atoms with Gasteiger partial charge in [0.2, 0.25) is 0 Å². The zero-order chi connectivity index (χ0) is 13.2. The van der Waals surface area contributed by atoms with Crippen molar-refractivity contribution in [3.8, 4) is 0 Å². The van der Waals surface area contributed by atoms with Gasteiger partial charge < -0.3 is 0 Å². The number of hydrogen-bond donors (Lipinski definition) is 1. The molecule has 0 fully saturated rings. The van der Waals surface area contributed by atoms with E-state index in [9.17, 15) is 12.6 Å². The molecule has 5 nitrogen and oxygen atoms in total. The van der Waals surface area contributed by atoms with Crippen LogP contribution in [-0.2, 0) is 20.8 Å². The standard InChI is InChI=1S/C8H13ClN2O3S3/c1-5(16(3)12)4-10-17(13,14)7-6(2)11-8(9)15-7/h5,10H,4H2,1-3H3. The van der Waals surface area contributed by atoms with Crippen molar-refractivity contribution in [2.24, 2.45) is 0 Å². The van der Waals surface area contributed by atoms with Gasteiger partial charge in [0.25, 0.3) is 10.0 Å². The molecule has 0 aromatic carbocycles. The summed E-state index contributed by atoms with van der Waals surface area (Å²) in [7, 11) is -4.68. The first kappa shape index (κ1) is 15.0. The van der Waals surface area contributed by atoms with Crippen molar-refractivity contribution < 1.29 is 12.6 Å². The molecule has 0 spiro atoms. The molecule has 0 radical (unpaired) electrons. The molecule has 0 saturated carbocycles. The molecule has 2 atom stereocenters. The third kappa shape index (κ3) is 3.99. The smallest absolute Gasteiger partial charge is 0.252 e. The summed E-state index contributed by atoms with van der Waals surface area (Å²) in [4.78, 5) is 3.84. The number of sulfonamides is 1. The zero-order valence-corrected chi connectivity index (χ0v) is 12.8. The number of thiazole rings is 1. The first-order valence-electron chi connectivity index (χ1n) is 4.69. The highest BCUT2D eigenvalue weighted by molar-refractivity contribution is 7.91. The van der Waals surface area contributed by atoms with Crippen LogP contribution < -0.4 is 4.72 Å². The van der Waals surface area contributed by atoms with Crippen molar-refractivity contribution in [2.75, 3.05) is 12.8 Å². The van der Waals surface area contributed by atoms with E-state index < -0.39 is 20.8 Å². The fourth-order valence-electron chi connectivity index (χ4n) is 1.01. The van der Waals surface area contributed by atoms with Gasteiger partial charge in [0.1, 0.15) is 0 Å². The monoisotopic (exact) mass is 316 g/mol. The number of hydrogen-bond acceptors (Lipinski definition) is 5. The van der Waals surface area contributed by atoms with E-state index in [4.69, 9.17) is 11.6 Å². The minimum atomic E-state index is -3.61. The van der Waals surface area contributed by atoms with Gasteiger partial charge in [0, 0.05) is 28.9 Å². The fraction of sp³-hybridized carbons (Fsp3) is 0.625. The lowest BCUT2D eigenvalue weighted by molar-refractivity contribution is 0.582. The Bertz CT molecular complexity index is 526. The quantitative estimate of drug-likeness (QED) is 0.884. The van der Waals surface area contributed by atoms with Crippen molar-refractivity contribution in [3.63, 3.8) is 0 Å². The molecule has 1 rings (SSSR count). The molecule has 1 aromatic rings. The average Bonchev–Trinajstić information content (AvgIpc) is 2.55. The van der Waals surface area contributed by atoms with E-state index in [2.05, 4.69) is 9.71 Å². The zero-order valence-electron chi connectivity index (χ0n) is 9.56. The van der Waals surface area contributed by atoms with Crippen LogP contribution in [0, 0.1) is 6.92 Å². The van der Waals surface area contributed by atoms with Gasteiger partial charge in [-0.2, -0.15) is 0 Å². The Morgan fingerprint density at radius 1 is 1.59 bits per heavy atom. The molecule has 0 aliphatic rings. The Balaban J connectivity index is 2.83. The van der Waals surface area contributed by atoms with Crippen LogP contribution in [0.5, 0.6) is 0 Å². The van der Waals surface area contributed by atoms with Gasteiger partial charge in [-0.3, -0.25) is 4.21 Å². The minimum Gasteiger partial charge on any atom is -0.260 e. The van der Waals surface area contributed by atoms with Crippen molar-refractivity contribution in [1.29, 1.82) is 0 Å². The van der Waals surface area contributed by atoms with E-state index in [0.29, 0.717) is 5.69 Å². The van der Waals surface area contributed by atoms with Crippen molar-refractivity contribution >= 4 is 43.8 Å². The Morgan fingerprint density at radius 3 is 2.59 bits per heavy atom. The van der Waals surface area contributed by atoms with Gasteiger partial charge in [-0.05, 0) is 13.8 Å². The van der Waals surface area contributed by atoms with Crippen LogP contribution in [0.4, 0.5) is 0 Å². The van der Waals surface area contributed by atoms with Crippen LogP contribution in [-0.4, -0.2) is 35.7 Å². The highest BCUT2D eigenvalue weighted by atomic mass is 35.5. The fourth-order valence-corrected chi connectivity index (χ4v) is 4.35. The summed E-state index contributed by atoms with van der Waals surface area (Å²) in [5, 5.41) is -0.242. The van der Waals surface area contributed by atoms with Gasteiger partial charge in [0.15, 0.2) is 8.68 Å². The largest absolute Gasteiger partial charge is 0.260 e. The molecule has 17 heavy (non-hydrogen) atoms. The second-order valence-electron chi connectivity index (χ2n) is 3.50. The summed E-state index contributed by atoms with van der Waals surface area (Å²) in [6, 6.07) is 0. The molecule has 0 saturated heterocycles. The lowest BCUT2D eigenvalue weighted by atomic mass is 10.5. The van der Waals surface area contributed by atoms with E-state index in [0.717, 1.165) is 11.3 Å². The Hall–Kier alpha value is -0.0200. The van der Waals surface area contributed by atoms with Gasteiger partial charge in [-0.15, -0.1) is 0 Å². The predicted octanol–water partition coefficient (Wildman–Crippen LogP) is 1.15. The van der Waals surface area contributed by atoms with E-state index in [1.54, 1.807) is 13.8 Å². The van der Waals surface area contributed by atoms with Gasteiger partial charge in [-0.25, -0.2) is 18.1 Å². The second kappa shape index (κ2) is 5.75. The summed E-state index contributed by atoms with van der Waals surface area (Å²) in [6.45, 7) is 3.42. The Labute approximate surface area is 112 Å². The third-order valence-corrected chi connectivity index (χ3v) is 6.69. The molecule has 2 unspecified atom stereocenters. The lowest BCUT2D eigenvalue weighted by Crippen LogP contribution is -2.32. The van der Waals surface area contributed by atoms with Crippen molar-refractivity contribution in [3.05, 3.63) is 10.2 Å². The highest BCUT2D eigenvalue weighted by Gasteiger charge is 2.22. The van der Waals surface area contributed by atoms with Gasteiger partial charge in [0.05, 0.1) is 5.69 Å². The van der Waals surface area contributed by atoms with E-state index in [-0.39, 0.29) is 20.5 Å². The number of aromatic nitrogens is 1. The van der Waals surface area contributed by atoms with Crippen molar-refractivity contribution in [2.45, 2.75) is 23.3 Å². The molecule has 0 aliphatic heterocycles. The topological polar surface area (TPSA) is 76.1 Å². The molecule has 0 amide bonds. The van der Waals surface area contributed by atoms with Crippen LogP contribution in [0.25, 0.3) is 0 Å². The summed E-state index contributed by atoms with van der Waals surface area (Å²) in [5.74, 6) is 0. The minimum absolute atomic E-state index is 0.108. The van der Waals surface area contributed by atoms with Crippen LogP contribution in [0.3, 0.4) is 0 Å². The average molecular weight is 317 g/mol.